The Morgan fingerprint density at radius 1 is 1.30 bits per heavy atom. The van der Waals surface area contributed by atoms with Crippen LogP contribution in [0.15, 0.2) is 40.8 Å². The molecule has 0 unspecified atom stereocenters. The molecule has 0 aliphatic rings. The molecule has 0 fully saturated rings. The molecule has 124 valence electrons. The summed E-state index contributed by atoms with van der Waals surface area (Å²) >= 11 is 0. The zero-order valence-electron chi connectivity index (χ0n) is 12.4. The van der Waals surface area contributed by atoms with E-state index in [0.717, 1.165) is 12.1 Å². The van der Waals surface area contributed by atoms with Crippen molar-refractivity contribution in [2.24, 2.45) is 0 Å². The van der Waals surface area contributed by atoms with Crippen LogP contribution in [0.5, 0.6) is 0 Å². The minimum Gasteiger partial charge on any atom is -0.456 e. The van der Waals surface area contributed by atoms with Crippen LogP contribution >= 0.6 is 0 Å². The summed E-state index contributed by atoms with van der Waals surface area (Å²) in [5.74, 6) is 0.211. The van der Waals surface area contributed by atoms with Crippen LogP contribution in [0.2, 0.25) is 0 Å². The standard InChI is InChI=1S/C16H16F3NO3/c1-2-12-6-7-14(23-12)15(22)20-9-13(21)10-4-3-5-11(8-10)16(17,18)19/h3-8,13,21H,2,9H2,1H3,(H,20,22)/t13-/m1/s1. The number of carbonyl (C=O) groups is 1. The molecular weight excluding hydrogens is 311 g/mol. The zero-order valence-corrected chi connectivity index (χ0v) is 12.4. The summed E-state index contributed by atoms with van der Waals surface area (Å²) < 4.78 is 43.2. The molecule has 0 radical (unpaired) electrons. The Bertz CT molecular complexity index is 679. The molecule has 0 saturated heterocycles. The molecule has 1 heterocycles. The van der Waals surface area contributed by atoms with Crippen LogP contribution < -0.4 is 5.32 Å². The number of aliphatic hydroxyl groups excluding tert-OH is 1. The maximum absolute atomic E-state index is 12.6. The van der Waals surface area contributed by atoms with E-state index in [9.17, 15) is 23.1 Å². The molecule has 7 heteroatoms. The number of aliphatic hydroxyl groups is 1. The minimum absolute atomic E-state index is 0.0776. The third-order valence-corrected chi connectivity index (χ3v) is 3.29. The van der Waals surface area contributed by atoms with Gasteiger partial charge in [0.2, 0.25) is 0 Å². The lowest BCUT2D eigenvalue weighted by molar-refractivity contribution is -0.137. The van der Waals surface area contributed by atoms with E-state index in [0.29, 0.717) is 12.2 Å². The van der Waals surface area contributed by atoms with Gasteiger partial charge in [-0.05, 0) is 29.8 Å². The molecule has 23 heavy (non-hydrogen) atoms. The molecule has 1 aromatic heterocycles. The van der Waals surface area contributed by atoms with Crippen LogP contribution in [0.25, 0.3) is 0 Å². The van der Waals surface area contributed by atoms with E-state index in [1.165, 1.54) is 18.2 Å². The zero-order chi connectivity index (χ0) is 17.0. The van der Waals surface area contributed by atoms with Crippen molar-refractivity contribution in [1.82, 2.24) is 5.32 Å². The van der Waals surface area contributed by atoms with Gasteiger partial charge in [-0.25, -0.2) is 0 Å². The maximum Gasteiger partial charge on any atom is 0.416 e. The van der Waals surface area contributed by atoms with Gasteiger partial charge in [0.25, 0.3) is 5.91 Å². The fourth-order valence-corrected chi connectivity index (χ4v) is 2.01. The monoisotopic (exact) mass is 327 g/mol. The second-order valence-corrected chi connectivity index (χ2v) is 4.97. The van der Waals surface area contributed by atoms with Gasteiger partial charge in [0.05, 0.1) is 11.7 Å². The number of hydrogen-bond acceptors (Lipinski definition) is 3. The molecule has 2 N–H and O–H groups in total. The SMILES string of the molecule is CCc1ccc(C(=O)NC[C@@H](O)c2cccc(C(F)(F)F)c2)o1. The maximum atomic E-state index is 12.6. The summed E-state index contributed by atoms with van der Waals surface area (Å²) in [5, 5.41) is 12.4. The average molecular weight is 327 g/mol. The fraction of sp³-hybridized carbons (Fsp3) is 0.312. The Morgan fingerprint density at radius 3 is 2.65 bits per heavy atom. The van der Waals surface area contributed by atoms with E-state index in [1.54, 1.807) is 6.07 Å². The van der Waals surface area contributed by atoms with Crippen LogP contribution in [0, 0.1) is 0 Å². The summed E-state index contributed by atoms with van der Waals surface area (Å²) in [6.07, 6.45) is -5.09. The van der Waals surface area contributed by atoms with E-state index in [1.807, 2.05) is 6.92 Å². The molecule has 2 rings (SSSR count). The van der Waals surface area contributed by atoms with Crippen molar-refractivity contribution in [3.63, 3.8) is 0 Å². The molecular formula is C16H16F3NO3. The molecule has 1 atom stereocenters. The number of benzene rings is 1. The highest BCUT2D eigenvalue weighted by atomic mass is 19.4. The van der Waals surface area contributed by atoms with E-state index in [4.69, 9.17) is 4.42 Å². The Labute approximate surface area is 130 Å². The highest BCUT2D eigenvalue weighted by Gasteiger charge is 2.30. The van der Waals surface area contributed by atoms with Crippen LogP contribution in [0.3, 0.4) is 0 Å². The second kappa shape index (κ2) is 6.87. The van der Waals surface area contributed by atoms with Gasteiger partial charge >= 0.3 is 6.18 Å². The normalized spacial score (nSPS) is 12.9. The summed E-state index contributed by atoms with van der Waals surface area (Å²) in [6.45, 7) is 1.65. The first-order valence-electron chi connectivity index (χ1n) is 7.03. The van der Waals surface area contributed by atoms with Crippen molar-refractivity contribution in [3.8, 4) is 0 Å². The quantitative estimate of drug-likeness (QED) is 0.885. The van der Waals surface area contributed by atoms with Crippen LogP contribution in [0.1, 0.15) is 40.5 Å². The molecule has 4 nitrogen and oxygen atoms in total. The molecule has 0 bridgehead atoms. The van der Waals surface area contributed by atoms with Crippen molar-refractivity contribution in [2.45, 2.75) is 25.6 Å². The summed E-state index contributed by atoms with van der Waals surface area (Å²) in [4.78, 5) is 11.8. The number of carbonyl (C=O) groups excluding carboxylic acids is 1. The number of halogens is 3. The number of aryl methyl sites for hydroxylation is 1. The third kappa shape index (κ3) is 4.35. The van der Waals surface area contributed by atoms with E-state index >= 15 is 0 Å². The second-order valence-electron chi connectivity index (χ2n) is 4.97. The number of rotatable bonds is 5. The van der Waals surface area contributed by atoms with Gasteiger partial charge in [-0.15, -0.1) is 0 Å². The predicted octanol–water partition coefficient (Wildman–Crippen LogP) is 3.32. The number of amides is 1. The van der Waals surface area contributed by atoms with Gasteiger partial charge in [0.1, 0.15) is 5.76 Å². The van der Waals surface area contributed by atoms with Gasteiger partial charge in [0, 0.05) is 13.0 Å². The van der Waals surface area contributed by atoms with Gasteiger partial charge in [-0.3, -0.25) is 4.79 Å². The van der Waals surface area contributed by atoms with Gasteiger partial charge < -0.3 is 14.8 Å². The van der Waals surface area contributed by atoms with Gasteiger partial charge in [-0.2, -0.15) is 13.2 Å². The van der Waals surface area contributed by atoms with Crippen molar-refractivity contribution < 1.29 is 27.5 Å². The number of alkyl halides is 3. The number of furan rings is 1. The summed E-state index contributed by atoms with van der Waals surface area (Å²) in [7, 11) is 0. The van der Waals surface area contributed by atoms with Crippen molar-refractivity contribution in [2.75, 3.05) is 6.54 Å². The smallest absolute Gasteiger partial charge is 0.416 e. The number of nitrogens with one attached hydrogen (secondary N) is 1. The molecule has 2 aromatic rings. The fourth-order valence-electron chi connectivity index (χ4n) is 2.01. The first-order chi connectivity index (χ1) is 10.8. The Hall–Kier alpha value is -2.28. The average Bonchev–Trinajstić information content (AvgIpc) is 3.00. The molecule has 1 amide bonds. The Balaban J connectivity index is 1.99. The molecule has 1 aromatic carbocycles. The Kier molecular flexibility index (Phi) is 5.10. The minimum atomic E-state index is -4.48. The summed E-state index contributed by atoms with van der Waals surface area (Å²) in [6, 6.07) is 7.53. The van der Waals surface area contributed by atoms with Crippen LogP contribution in [0.4, 0.5) is 13.2 Å². The predicted molar refractivity (Wildman–Crippen MR) is 76.8 cm³/mol. The lowest BCUT2D eigenvalue weighted by atomic mass is 10.1. The number of hydrogen-bond donors (Lipinski definition) is 2. The topological polar surface area (TPSA) is 62.5 Å². The molecule has 0 aliphatic heterocycles. The molecule has 0 saturated carbocycles. The highest BCUT2D eigenvalue weighted by molar-refractivity contribution is 5.91. The lowest BCUT2D eigenvalue weighted by Crippen LogP contribution is -2.28. The van der Waals surface area contributed by atoms with Crippen molar-refractivity contribution >= 4 is 5.91 Å². The van der Waals surface area contributed by atoms with Crippen molar-refractivity contribution in [3.05, 3.63) is 59.0 Å². The van der Waals surface area contributed by atoms with E-state index in [2.05, 4.69) is 5.32 Å². The van der Waals surface area contributed by atoms with Crippen molar-refractivity contribution in [1.29, 1.82) is 0 Å². The highest BCUT2D eigenvalue weighted by Crippen LogP contribution is 2.30. The van der Waals surface area contributed by atoms with Gasteiger partial charge in [0.15, 0.2) is 5.76 Å². The molecule has 0 spiro atoms. The lowest BCUT2D eigenvalue weighted by Gasteiger charge is -2.14. The Morgan fingerprint density at radius 2 is 2.04 bits per heavy atom. The van der Waals surface area contributed by atoms with Gasteiger partial charge in [-0.1, -0.05) is 19.1 Å². The van der Waals surface area contributed by atoms with E-state index in [-0.39, 0.29) is 17.9 Å². The first-order valence-corrected chi connectivity index (χ1v) is 7.03. The largest absolute Gasteiger partial charge is 0.456 e. The molecule has 0 aliphatic carbocycles. The van der Waals surface area contributed by atoms with Crippen LogP contribution in [-0.2, 0) is 12.6 Å². The third-order valence-electron chi connectivity index (χ3n) is 3.29. The first kappa shape index (κ1) is 17.1. The van der Waals surface area contributed by atoms with E-state index < -0.39 is 23.8 Å². The summed E-state index contributed by atoms with van der Waals surface area (Å²) in [5.41, 5.74) is -0.771. The van der Waals surface area contributed by atoms with Crippen LogP contribution in [-0.4, -0.2) is 17.6 Å².